The van der Waals surface area contributed by atoms with Crippen molar-refractivity contribution in [2.75, 3.05) is 5.73 Å². The van der Waals surface area contributed by atoms with Crippen molar-refractivity contribution >= 4 is 17.2 Å². The molecule has 8 nitrogen and oxygen atoms in total. The van der Waals surface area contributed by atoms with E-state index in [1.54, 1.807) is 6.07 Å². The van der Waals surface area contributed by atoms with Crippen LogP contribution in [0.4, 0.5) is 11.4 Å². The van der Waals surface area contributed by atoms with E-state index in [0.717, 1.165) is 0 Å². The van der Waals surface area contributed by atoms with Gasteiger partial charge in [-0.05, 0) is 12.1 Å². The predicted molar refractivity (Wildman–Crippen MR) is 53.5 cm³/mol. The molecule has 5 N–H and O–H groups in total. The molecule has 0 saturated heterocycles. The van der Waals surface area contributed by atoms with Crippen molar-refractivity contribution in [2.45, 2.75) is 0 Å². The average Bonchev–Trinajstić information content (AvgIpc) is 2.71. The van der Waals surface area contributed by atoms with Gasteiger partial charge in [0, 0.05) is 11.6 Å². The first-order valence-corrected chi connectivity index (χ1v) is 4.06. The van der Waals surface area contributed by atoms with Crippen molar-refractivity contribution in [3.8, 4) is 0 Å². The summed E-state index contributed by atoms with van der Waals surface area (Å²) in [5.74, 6) is 0.470. The number of anilines is 1. The summed E-state index contributed by atoms with van der Waals surface area (Å²) in [7, 11) is 0. The molecular weight excluding hydrogens is 200 g/mol. The molecule has 0 fully saturated rings. The smallest absolute Gasteiger partial charge is 0.292 e. The van der Waals surface area contributed by atoms with E-state index in [0.29, 0.717) is 11.4 Å². The van der Waals surface area contributed by atoms with Gasteiger partial charge < -0.3 is 5.73 Å². The Morgan fingerprint density at radius 1 is 1.47 bits per heavy atom. The van der Waals surface area contributed by atoms with E-state index < -0.39 is 4.92 Å². The quantitative estimate of drug-likeness (QED) is 0.294. The van der Waals surface area contributed by atoms with Crippen LogP contribution < -0.4 is 22.2 Å². The third-order valence-corrected chi connectivity index (χ3v) is 1.91. The first kappa shape index (κ1) is 9.21. The van der Waals surface area contributed by atoms with E-state index in [2.05, 4.69) is 21.6 Å². The zero-order chi connectivity index (χ0) is 10.8. The van der Waals surface area contributed by atoms with Crippen LogP contribution in [0.25, 0.3) is 0 Å². The maximum atomic E-state index is 10.6. The molecule has 0 radical (unpaired) electrons. The van der Waals surface area contributed by atoms with Gasteiger partial charge in [0.1, 0.15) is 5.69 Å². The number of rotatable bonds is 2. The number of hydrogen-bond donors (Lipinski definition) is 4. The maximum absolute atomic E-state index is 10.6. The standard InChI is InChI=1S/C7H8N6O2/c8-5-2-1-4(3-6(5)13(14)15)7-9-11-12-10-7/h1-3,11-12H,8H2,(H,9,10). The van der Waals surface area contributed by atoms with Crippen molar-refractivity contribution < 1.29 is 4.92 Å². The SMILES string of the molecule is Nc1ccc(C2=NNNN2)cc1[N+](=O)[O-]. The Morgan fingerprint density at radius 3 is 2.87 bits per heavy atom. The number of hydrogen-bond acceptors (Lipinski definition) is 7. The number of nitrogens with zero attached hydrogens (tertiary/aromatic N) is 2. The number of nitrogen functional groups attached to an aromatic ring is 1. The van der Waals surface area contributed by atoms with E-state index in [-0.39, 0.29) is 11.4 Å². The number of nitro groups is 1. The van der Waals surface area contributed by atoms with Gasteiger partial charge in [0.05, 0.1) is 4.92 Å². The monoisotopic (exact) mass is 208 g/mol. The minimum Gasteiger partial charge on any atom is -0.393 e. The van der Waals surface area contributed by atoms with Gasteiger partial charge in [-0.1, -0.05) is 0 Å². The minimum atomic E-state index is -0.533. The van der Waals surface area contributed by atoms with Gasteiger partial charge in [0.2, 0.25) is 0 Å². The molecule has 1 heterocycles. The van der Waals surface area contributed by atoms with Crippen LogP contribution >= 0.6 is 0 Å². The highest BCUT2D eigenvalue weighted by Crippen LogP contribution is 2.22. The average molecular weight is 208 g/mol. The molecule has 15 heavy (non-hydrogen) atoms. The van der Waals surface area contributed by atoms with Crippen LogP contribution in [-0.4, -0.2) is 10.8 Å². The highest BCUT2D eigenvalue weighted by Gasteiger charge is 2.15. The summed E-state index contributed by atoms with van der Waals surface area (Å²) in [6.07, 6.45) is 0. The van der Waals surface area contributed by atoms with Crippen LogP contribution in [0.5, 0.6) is 0 Å². The minimum absolute atomic E-state index is 0.128. The zero-order valence-corrected chi connectivity index (χ0v) is 7.52. The fraction of sp³-hybridized carbons (Fsp3) is 0. The Morgan fingerprint density at radius 2 is 2.27 bits per heavy atom. The molecule has 0 aliphatic carbocycles. The number of benzene rings is 1. The number of hydrazone groups is 1. The molecule has 2 rings (SSSR count). The zero-order valence-electron chi connectivity index (χ0n) is 7.52. The molecule has 1 aromatic carbocycles. The second-order valence-electron chi connectivity index (χ2n) is 2.85. The summed E-state index contributed by atoms with van der Waals surface area (Å²) in [6, 6.07) is 4.47. The van der Waals surface area contributed by atoms with Gasteiger partial charge in [-0.25, -0.2) is 5.53 Å². The van der Waals surface area contributed by atoms with E-state index in [1.807, 2.05) is 0 Å². The van der Waals surface area contributed by atoms with E-state index in [9.17, 15) is 10.1 Å². The highest BCUT2D eigenvalue weighted by atomic mass is 16.6. The van der Waals surface area contributed by atoms with Crippen LogP contribution in [0.3, 0.4) is 0 Å². The van der Waals surface area contributed by atoms with Gasteiger partial charge in [-0.3, -0.25) is 15.5 Å². The number of nitrogens with two attached hydrogens (primary N) is 1. The molecule has 0 atom stereocenters. The molecular formula is C7H8N6O2. The second kappa shape index (κ2) is 3.42. The topological polar surface area (TPSA) is 118 Å². The van der Waals surface area contributed by atoms with Crippen molar-refractivity contribution in [3.63, 3.8) is 0 Å². The molecule has 0 aromatic heterocycles. The van der Waals surface area contributed by atoms with E-state index in [4.69, 9.17) is 5.73 Å². The largest absolute Gasteiger partial charge is 0.393 e. The summed E-state index contributed by atoms with van der Waals surface area (Å²) >= 11 is 0. The number of hydrazine groups is 2. The lowest BCUT2D eigenvalue weighted by Crippen LogP contribution is -2.35. The third kappa shape index (κ3) is 1.65. The van der Waals surface area contributed by atoms with Gasteiger partial charge in [-0.15, -0.1) is 10.6 Å². The summed E-state index contributed by atoms with van der Waals surface area (Å²) in [4.78, 5) is 10.1. The van der Waals surface area contributed by atoms with Crippen molar-refractivity contribution in [3.05, 3.63) is 33.9 Å². The van der Waals surface area contributed by atoms with E-state index >= 15 is 0 Å². The van der Waals surface area contributed by atoms with Gasteiger partial charge in [0.25, 0.3) is 5.69 Å². The molecule has 0 spiro atoms. The molecule has 0 saturated carbocycles. The van der Waals surface area contributed by atoms with Crippen molar-refractivity contribution in [1.29, 1.82) is 0 Å². The molecule has 1 aliphatic heterocycles. The van der Waals surface area contributed by atoms with Crippen LogP contribution in [-0.2, 0) is 0 Å². The highest BCUT2D eigenvalue weighted by molar-refractivity contribution is 6.00. The fourth-order valence-corrected chi connectivity index (χ4v) is 1.18. The third-order valence-electron chi connectivity index (χ3n) is 1.91. The summed E-state index contributed by atoms with van der Waals surface area (Å²) in [5.41, 5.74) is 13.7. The van der Waals surface area contributed by atoms with Gasteiger partial charge in [-0.2, -0.15) is 0 Å². The van der Waals surface area contributed by atoms with Crippen LogP contribution in [0, 0.1) is 10.1 Å². The van der Waals surface area contributed by atoms with Crippen LogP contribution in [0.15, 0.2) is 23.3 Å². The Kier molecular flexibility index (Phi) is 2.10. The Hall–Kier alpha value is -2.35. The van der Waals surface area contributed by atoms with Crippen molar-refractivity contribution in [1.82, 2.24) is 16.5 Å². The summed E-state index contributed by atoms with van der Waals surface area (Å²) in [5, 5.41) is 14.4. The number of amidine groups is 1. The maximum Gasteiger partial charge on any atom is 0.292 e. The predicted octanol–water partition coefficient (Wildman–Crippen LogP) is -0.549. The molecule has 8 heteroatoms. The molecule has 1 aliphatic rings. The Balaban J connectivity index is 2.42. The molecule has 0 amide bonds. The van der Waals surface area contributed by atoms with Gasteiger partial charge in [0.15, 0.2) is 5.84 Å². The first-order valence-electron chi connectivity index (χ1n) is 4.06. The van der Waals surface area contributed by atoms with Gasteiger partial charge >= 0.3 is 0 Å². The fourth-order valence-electron chi connectivity index (χ4n) is 1.18. The second-order valence-corrected chi connectivity index (χ2v) is 2.85. The first-order chi connectivity index (χ1) is 7.18. The van der Waals surface area contributed by atoms with Crippen LogP contribution in [0.2, 0.25) is 0 Å². The lowest BCUT2D eigenvalue weighted by atomic mass is 10.1. The summed E-state index contributed by atoms with van der Waals surface area (Å²) < 4.78 is 0. The lowest BCUT2D eigenvalue weighted by molar-refractivity contribution is -0.383. The van der Waals surface area contributed by atoms with Crippen molar-refractivity contribution in [2.24, 2.45) is 5.10 Å². The molecule has 1 aromatic rings. The molecule has 0 bridgehead atoms. The van der Waals surface area contributed by atoms with E-state index in [1.165, 1.54) is 12.1 Å². The molecule has 78 valence electrons. The molecule has 0 unspecified atom stereocenters. The normalized spacial score (nSPS) is 14.0. The Bertz CT molecular complexity index is 443. The Labute approximate surface area is 84.2 Å². The number of nitro benzene ring substituents is 1. The lowest BCUT2D eigenvalue weighted by Gasteiger charge is -2.02. The number of nitrogens with one attached hydrogen (secondary N) is 3. The van der Waals surface area contributed by atoms with Crippen LogP contribution in [0.1, 0.15) is 5.56 Å². The summed E-state index contributed by atoms with van der Waals surface area (Å²) in [6.45, 7) is 0.